The van der Waals surface area contributed by atoms with Gasteiger partial charge in [-0.2, -0.15) is 5.26 Å². The molecule has 0 saturated carbocycles. The molecule has 2 heterocycles. The van der Waals surface area contributed by atoms with E-state index in [1.165, 1.54) is 0 Å². The van der Waals surface area contributed by atoms with Gasteiger partial charge in [0.05, 0.1) is 23.7 Å². The predicted molar refractivity (Wildman–Crippen MR) is 112 cm³/mol. The van der Waals surface area contributed by atoms with Gasteiger partial charge in [0.25, 0.3) is 5.56 Å². The molecule has 5 heteroatoms. The highest BCUT2D eigenvalue weighted by atomic mass is 16.1. The van der Waals surface area contributed by atoms with Crippen molar-refractivity contribution >= 4 is 0 Å². The summed E-state index contributed by atoms with van der Waals surface area (Å²) in [6, 6.07) is 21.4. The molecule has 0 fully saturated rings. The highest BCUT2D eigenvalue weighted by Gasteiger charge is 2.04. The van der Waals surface area contributed by atoms with Gasteiger partial charge in [-0.25, -0.2) is 4.98 Å². The van der Waals surface area contributed by atoms with Crippen LogP contribution in [0.3, 0.4) is 0 Å². The Kier molecular flexibility index (Phi) is 5.08. The first-order valence-electron chi connectivity index (χ1n) is 9.39. The summed E-state index contributed by atoms with van der Waals surface area (Å²) >= 11 is 0. The van der Waals surface area contributed by atoms with Crippen molar-refractivity contribution in [3.63, 3.8) is 0 Å². The molecule has 142 valence electrons. The second-order valence-electron chi connectivity index (χ2n) is 7.06. The van der Waals surface area contributed by atoms with Crippen molar-refractivity contribution in [2.75, 3.05) is 0 Å². The number of imidazole rings is 1. The van der Waals surface area contributed by atoms with Crippen LogP contribution in [0.1, 0.15) is 27.9 Å². The maximum Gasteiger partial charge on any atom is 0.257 e. The van der Waals surface area contributed by atoms with Crippen molar-refractivity contribution in [1.29, 1.82) is 5.26 Å². The molecule has 0 atom stereocenters. The zero-order chi connectivity index (χ0) is 20.2. The van der Waals surface area contributed by atoms with E-state index in [-0.39, 0.29) is 5.56 Å². The predicted octanol–water partition coefficient (Wildman–Crippen LogP) is 3.85. The molecule has 0 saturated heterocycles. The number of benzene rings is 2. The summed E-state index contributed by atoms with van der Waals surface area (Å²) in [7, 11) is 0. The highest BCUT2D eigenvalue weighted by Crippen LogP contribution is 2.12. The minimum Gasteiger partial charge on any atom is -0.333 e. The van der Waals surface area contributed by atoms with Crippen LogP contribution in [-0.2, 0) is 13.0 Å². The van der Waals surface area contributed by atoms with E-state index in [0.29, 0.717) is 12.1 Å². The first-order chi connectivity index (χ1) is 14.1. The Morgan fingerprint density at radius 2 is 1.72 bits per heavy atom. The summed E-state index contributed by atoms with van der Waals surface area (Å²) in [4.78, 5) is 16.8. The number of nitriles is 1. The van der Waals surface area contributed by atoms with Crippen LogP contribution in [0.5, 0.6) is 0 Å². The van der Waals surface area contributed by atoms with E-state index < -0.39 is 0 Å². The molecule has 2 aromatic carbocycles. The van der Waals surface area contributed by atoms with E-state index in [1.807, 2.05) is 84.7 Å². The van der Waals surface area contributed by atoms with Gasteiger partial charge in [0.15, 0.2) is 0 Å². The molecular weight excluding hydrogens is 360 g/mol. The van der Waals surface area contributed by atoms with Crippen molar-refractivity contribution < 1.29 is 0 Å². The first-order valence-corrected chi connectivity index (χ1v) is 9.39. The Morgan fingerprint density at radius 1 is 1.00 bits per heavy atom. The van der Waals surface area contributed by atoms with E-state index in [9.17, 15) is 4.79 Å². The molecule has 0 amide bonds. The van der Waals surface area contributed by atoms with Crippen molar-refractivity contribution in [3.05, 3.63) is 118 Å². The highest BCUT2D eigenvalue weighted by molar-refractivity contribution is 5.36. The average Bonchev–Trinajstić information content (AvgIpc) is 3.18. The summed E-state index contributed by atoms with van der Waals surface area (Å²) in [6.07, 6.45) is 6.39. The van der Waals surface area contributed by atoms with Crippen LogP contribution < -0.4 is 5.56 Å². The lowest BCUT2D eigenvalue weighted by Crippen LogP contribution is -2.19. The maximum atomic E-state index is 12.3. The molecule has 2 aromatic heterocycles. The second-order valence-corrected chi connectivity index (χ2v) is 7.06. The zero-order valence-corrected chi connectivity index (χ0v) is 16.1. The minimum absolute atomic E-state index is 0.00213. The Bertz CT molecular complexity index is 1230. The van der Waals surface area contributed by atoms with Gasteiger partial charge in [-0.05, 0) is 48.4 Å². The normalized spacial score (nSPS) is 10.6. The Hall–Kier alpha value is -3.91. The van der Waals surface area contributed by atoms with E-state index in [4.69, 9.17) is 5.26 Å². The molecule has 0 aliphatic heterocycles. The number of hydrogen-bond donors (Lipinski definition) is 0. The SMILES string of the molecule is Cc1cccn(-c2ccc(Cn3cnc(Cc4ccc(C#N)cc4)c3)cc2)c1=O. The first kappa shape index (κ1) is 18.5. The number of rotatable bonds is 5. The maximum absolute atomic E-state index is 12.3. The third kappa shape index (κ3) is 4.17. The average molecular weight is 380 g/mol. The lowest BCUT2D eigenvalue weighted by Gasteiger charge is -2.08. The van der Waals surface area contributed by atoms with Crippen LogP contribution in [0.2, 0.25) is 0 Å². The molecular formula is C24H20N4O. The van der Waals surface area contributed by atoms with Gasteiger partial charge in [0, 0.05) is 36.6 Å². The summed E-state index contributed by atoms with van der Waals surface area (Å²) in [5.74, 6) is 0. The molecule has 0 radical (unpaired) electrons. The van der Waals surface area contributed by atoms with Gasteiger partial charge in [-0.1, -0.05) is 30.3 Å². The summed E-state index contributed by atoms with van der Waals surface area (Å²) in [5.41, 5.74) is 5.49. The van der Waals surface area contributed by atoms with Crippen molar-refractivity contribution in [3.8, 4) is 11.8 Å². The van der Waals surface area contributed by atoms with Gasteiger partial charge in [-0.3, -0.25) is 9.36 Å². The van der Waals surface area contributed by atoms with Gasteiger partial charge < -0.3 is 4.57 Å². The van der Waals surface area contributed by atoms with Gasteiger partial charge in [0.1, 0.15) is 0 Å². The van der Waals surface area contributed by atoms with Crippen LogP contribution in [-0.4, -0.2) is 14.1 Å². The number of aryl methyl sites for hydroxylation is 1. The Balaban J connectivity index is 1.45. The van der Waals surface area contributed by atoms with E-state index in [2.05, 4.69) is 11.1 Å². The molecule has 0 aliphatic carbocycles. The third-order valence-corrected chi connectivity index (χ3v) is 4.87. The van der Waals surface area contributed by atoms with Crippen molar-refractivity contribution in [2.24, 2.45) is 0 Å². The van der Waals surface area contributed by atoms with Crippen LogP contribution in [0.4, 0.5) is 0 Å². The Labute approximate surface area is 169 Å². The second kappa shape index (κ2) is 7.99. The van der Waals surface area contributed by atoms with Crippen LogP contribution in [0.15, 0.2) is 84.2 Å². The monoisotopic (exact) mass is 380 g/mol. The van der Waals surface area contributed by atoms with E-state index in [0.717, 1.165) is 34.5 Å². The van der Waals surface area contributed by atoms with E-state index in [1.54, 1.807) is 10.8 Å². The summed E-state index contributed by atoms with van der Waals surface area (Å²) in [6.45, 7) is 2.53. The van der Waals surface area contributed by atoms with Crippen LogP contribution in [0.25, 0.3) is 5.69 Å². The standard InChI is InChI=1S/C24H20N4O/c1-18-3-2-12-28(24(18)29)23-10-8-21(9-11-23)15-27-16-22(26-17-27)13-19-4-6-20(14-25)7-5-19/h2-12,16-17H,13,15H2,1H3. The minimum atomic E-state index is 0.00213. The molecule has 0 N–H and O–H groups in total. The smallest absolute Gasteiger partial charge is 0.257 e. The number of hydrogen-bond acceptors (Lipinski definition) is 3. The fourth-order valence-corrected chi connectivity index (χ4v) is 3.27. The lowest BCUT2D eigenvalue weighted by molar-refractivity contribution is 0.795. The van der Waals surface area contributed by atoms with Gasteiger partial charge in [-0.15, -0.1) is 0 Å². The van der Waals surface area contributed by atoms with Crippen LogP contribution >= 0.6 is 0 Å². The molecule has 29 heavy (non-hydrogen) atoms. The Morgan fingerprint density at radius 3 is 2.45 bits per heavy atom. The molecule has 4 rings (SSSR count). The molecule has 4 aromatic rings. The van der Waals surface area contributed by atoms with Crippen molar-refractivity contribution in [1.82, 2.24) is 14.1 Å². The third-order valence-electron chi connectivity index (χ3n) is 4.87. The number of pyridine rings is 1. The molecule has 0 unspecified atom stereocenters. The molecule has 0 bridgehead atoms. The fraction of sp³-hybridized carbons (Fsp3) is 0.125. The molecule has 0 spiro atoms. The van der Waals surface area contributed by atoms with Crippen LogP contribution in [0, 0.1) is 18.3 Å². The molecule has 0 aliphatic rings. The topological polar surface area (TPSA) is 63.6 Å². The quantitative estimate of drug-likeness (QED) is 0.528. The van der Waals surface area contributed by atoms with Gasteiger partial charge in [0.2, 0.25) is 0 Å². The largest absolute Gasteiger partial charge is 0.333 e. The molecule has 5 nitrogen and oxygen atoms in total. The number of aromatic nitrogens is 3. The lowest BCUT2D eigenvalue weighted by atomic mass is 10.1. The summed E-state index contributed by atoms with van der Waals surface area (Å²) in [5, 5.41) is 8.89. The zero-order valence-electron chi connectivity index (χ0n) is 16.1. The van der Waals surface area contributed by atoms with E-state index >= 15 is 0 Å². The number of nitrogens with zero attached hydrogens (tertiary/aromatic N) is 4. The van der Waals surface area contributed by atoms with Gasteiger partial charge >= 0.3 is 0 Å². The fourth-order valence-electron chi connectivity index (χ4n) is 3.27. The van der Waals surface area contributed by atoms with Crippen molar-refractivity contribution in [2.45, 2.75) is 19.9 Å². The summed E-state index contributed by atoms with van der Waals surface area (Å²) < 4.78 is 3.71.